The van der Waals surface area contributed by atoms with Crippen LogP contribution in [0.1, 0.15) is 27.0 Å². The van der Waals surface area contributed by atoms with Gasteiger partial charge in [0.25, 0.3) is 5.91 Å². The summed E-state index contributed by atoms with van der Waals surface area (Å²) in [7, 11) is 0. The maximum atomic E-state index is 13.4. The van der Waals surface area contributed by atoms with Crippen molar-refractivity contribution in [3.05, 3.63) is 99.8 Å². The van der Waals surface area contributed by atoms with E-state index in [1.165, 1.54) is 6.07 Å². The van der Waals surface area contributed by atoms with Crippen molar-refractivity contribution in [2.75, 3.05) is 26.2 Å². The Hall–Kier alpha value is -2.89. The second-order valence-electron chi connectivity index (χ2n) is 8.10. The predicted octanol–water partition coefficient (Wildman–Crippen LogP) is 5.32. The molecule has 0 unspecified atom stereocenters. The van der Waals surface area contributed by atoms with Gasteiger partial charge in [-0.25, -0.2) is 4.39 Å². The molecule has 0 N–H and O–H groups in total. The summed E-state index contributed by atoms with van der Waals surface area (Å²) in [6, 6.07) is 19.8. The van der Waals surface area contributed by atoms with Gasteiger partial charge in [0.05, 0.1) is 0 Å². The fraction of sp³-hybridized carbons (Fsp3) is 0.269. The number of halogens is 2. The normalized spacial score (nSPS) is 14.4. The van der Waals surface area contributed by atoms with Crippen molar-refractivity contribution in [3.8, 4) is 5.75 Å². The van der Waals surface area contributed by atoms with Crippen LogP contribution in [0, 0.1) is 12.7 Å². The summed E-state index contributed by atoms with van der Waals surface area (Å²) in [4.78, 5) is 17.2. The van der Waals surface area contributed by atoms with Crippen molar-refractivity contribution < 1.29 is 13.9 Å². The molecule has 1 aliphatic rings. The second-order valence-corrected chi connectivity index (χ2v) is 8.53. The molecule has 6 heteroatoms. The van der Waals surface area contributed by atoms with Crippen molar-refractivity contribution in [3.63, 3.8) is 0 Å². The fourth-order valence-electron chi connectivity index (χ4n) is 3.92. The number of aryl methyl sites for hydroxylation is 1. The topological polar surface area (TPSA) is 32.8 Å². The summed E-state index contributed by atoms with van der Waals surface area (Å²) < 4.78 is 19.3. The Balaban J connectivity index is 1.32. The van der Waals surface area contributed by atoms with Gasteiger partial charge in [-0.05, 0) is 66.1 Å². The number of hydrogen-bond acceptors (Lipinski definition) is 3. The number of rotatable bonds is 6. The van der Waals surface area contributed by atoms with Gasteiger partial charge in [0.2, 0.25) is 0 Å². The summed E-state index contributed by atoms with van der Waals surface area (Å²) in [5.41, 5.74) is 3.53. The van der Waals surface area contributed by atoms with E-state index in [0.717, 1.165) is 35.5 Å². The van der Waals surface area contributed by atoms with Gasteiger partial charge in [-0.3, -0.25) is 9.69 Å². The van der Waals surface area contributed by atoms with Crippen LogP contribution in [0.2, 0.25) is 5.02 Å². The molecule has 0 radical (unpaired) electrons. The highest BCUT2D eigenvalue weighted by Crippen LogP contribution is 2.23. The third-order valence-electron chi connectivity index (χ3n) is 5.66. The minimum atomic E-state index is -0.216. The van der Waals surface area contributed by atoms with Crippen molar-refractivity contribution in [1.29, 1.82) is 0 Å². The van der Waals surface area contributed by atoms with E-state index in [0.29, 0.717) is 36.8 Å². The molecule has 166 valence electrons. The van der Waals surface area contributed by atoms with Crippen molar-refractivity contribution >= 4 is 17.5 Å². The van der Waals surface area contributed by atoms with Gasteiger partial charge >= 0.3 is 0 Å². The van der Waals surface area contributed by atoms with Crippen LogP contribution in [-0.4, -0.2) is 41.9 Å². The van der Waals surface area contributed by atoms with E-state index in [2.05, 4.69) is 4.90 Å². The zero-order chi connectivity index (χ0) is 22.5. The predicted molar refractivity (Wildman–Crippen MR) is 125 cm³/mol. The summed E-state index contributed by atoms with van der Waals surface area (Å²) in [5.74, 6) is 0.590. The van der Waals surface area contributed by atoms with Crippen LogP contribution in [0.4, 0.5) is 4.39 Å². The van der Waals surface area contributed by atoms with Crippen molar-refractivity contribution in [2.24, 2.45) is 0 Å². The van der Waals surface area contributed by atoms with E-state index >= 15 is 0 Å². The maximum Gasteiger partial charge on any atom is 0.253 e. The van der Waals surface area contributed by atoms with E-state index in [-0.39, 0.29) is 11.7 Å². The van der Waals surface area contributed by atoms with Crippen LogP contribution in [0.25, 0.3) is 0 Å². The molecule has 1 saturated heterocycles. The number of amides is 1. The van der Waals surface area contributed by atoms with Gasteiger partial charge in [-0.1, -0.05) is 35.9 Å². The zero-order valence-electron chi connectivity index (χ0n) is 18.1. The standard InChI is InChI=1S/C26H26ClFN2O2/c1-19-14-23(27)8-9-25(19)32-18-21-5-2-6-22(15-21)26(31)30-12-10-29(11-13-30)17-20-4-3-7-24(28)16-20/h2-9,14-16H,10-13,17-18H2,1H3. The van der Waals surface area contributed by atoms with Crippen LogP contribution in [0.15, 0.2) is 66.7 Å². The summed E-state index contributed by atoms with van der Waals surface area (Å²) in [6.45, 7) is 5.86. The number of piperazine rings is 1. The highest BCUT2D eigenvalue weighted by atomic mass is 35.5. The number of nitrogens with zero attached hydrogens (tertiary/aromatic N) is 2. The third kappa shape index (κ3) is 5.67. The average molecular weight is 453 g/mol. The number of hydrogen-bond donors (Lipinski definition) is 0. The Morgan fingerprint density at radius 2 is 1.72 bits per heavy atom. The van der Waals surface area contributed by atoms with Crippen LogP contribution in [0.3, 0.4) is 0 Å². The Kier molecular flexibility index (Phi) is 7.08. The molecule has 0 saturated carbocycles. The van der Waals surface area contributed by atoms with Gasteiger partial charge in [-0.2, -0.15) is 0 Å². The molecule has 0 aromatic heterocycles. The van der Waals surface area contributed by atoms with Gasteiger partial charge in [0.1, 0.15) is 18.2 Å². The molecule has 1 heterocycles. The van der Waals surface area contributed by atoms with Crippen LogP contribution >= 0.6 is 11.6 Å². The Morgan fingerprint density at radius 1 is 0.969 bits per heavy atom. The van der Waals surface area contributed by atoms with Gasteiger partial charge in [0.15, 0.2) is 0 Å². The Bertz CT molecular complexity index is 1100. The van der Waals surface area contributed by atoms with Crippen LogP contribution in [-0.2, 0) is 13.2 Å². The molecule has 0 aliphatic carbocycles. The smallest absolute Gasteiger partial charge is 0.253 e. The molecule has 4 nitrogen and oxygen atoms in total. The van der Waals surface area contributed by atoms with Crippen LogP contribution in [0.5, 0.6) is 5.75 Å². The van der Waals surface area contributed by atoms with Crippen LogP contribution < -0.4 is 4.74 Å². The van der Waals surface area contributed by atoms with Crippen molar-refractivity contribution in [2.45, 2.75) is 20.1 Å². The molecule has 32 heavy (non-hydrogen) atoms. The van der Waals surface area contributed by atoms with E-state index in [4.69, 9.17) is 16.3 Å². The molecule has 4 rings (SSSR count). The first-order valence-corrected chi connectivity index (χ1v) is 11.1. The average Bonchev–Trinajstić information content (AvgIpc) is 2.79. The molecule has 1 aliphatic heterocycles. The highest BCUT2D eigenvalue weighted by Gasteiger charge is 2.22. The monoisotopic (exact) mass is 452 g/mol. The van der Waals surface area contributed by atoms with E-state index in [9.17, 15) is 9.18 Å². The molecule has 0 bridgehead atoms. The second kappa shape index (κ2) is 10.2. The fourth-order valence-corrected chi connectivity index (χ4v) is 4.14. The quantitative estimate of drug-likeness (QED) is 0.507. The Morgan fingerprint density at radius 3 is 2.47 bits per heavy atom. The molecule has 1 fully saturated rings. The summed E-state index contributed by atoms with van der Waals surface area (Å²) in [6.07, 6.45) is 0. The van der Waals surface area contributed by atoms with Gasteiger partial charge in [-0.15, -0.1) is 0 Å². The molecule has 0 spiro atoms. The largest absolute Gasteiger partial charge is 0.489 e. The highest BCUT2D eigenvalue weighted by molar-refractivity contribution is 6.30. The summed E-state index contributed by atoms with van der Waals surface area (Å²) >= 11 is 6.00. The lowest BCUT2D eigenvalue weighted by molar-refractivity contribution is 0.0628. The first kappa shape index (κ1) is 22.3. The first-order chi connectivity index (χ1) is 15.5. The van der Waals surface area contributed by atoms with E-state index < -0.39 is 0 Å². The molecule has 0 atom stereocenters. The lowest BCUT2D eigenvalue weighted by Crippen LogP contribution is -2.48. The molecule has 3 aromatic rings. The SMILES string of the molecule is Cc1cc(Cl)ccc1OCc1cccc(C(=O)N2CCN(Cc3cccc(F)c3)CC2)c1. The van der Waals surface area contributed by atoms with Gasteiger partial charge in [0, 0.05) is 43.3 Å². The Labute approximate surface area is 193 Å². The molecule has 3 aromatic carbocycles. The first-order valence-electron chi connectivity index (χ1n) is 10.7. The minimum absolute atomic E-state index is 0.0277. The number of benzene rings is 3. The number of ether oxygens (including phenoxy) is 1. The van der Waals surface area contributed by atoms with Gasteiger partial charge < -0.3 is 9.64 Å². The number of carbonyl (C=O) groups excluding carboxylic acids is 1. The minimum Gasteiger partial charge on any atom is -0.489 e. The summed E-state index contributed by atoms with van der Waals surface area (Å²) in [5, 5.41) is 0.679. The molecular formula is C26H26ClFN2O2. The lowest BCUT2D eigenvalue weighted by atomic mass is 10.1. The van der Waals surface area contributed by atoms with E-state index in [1.54, 1.807) is 18.2 Å². The lowest BCUT2D eigenvalue weighted by Gasteiger charge is -2.34. The molecular weight excluding hydrogens is 427 g/mol. The maximum absolute atomic E-state index is 13.4. The third-order valence-corrected chi connectivity index (χ3v) is 5.90. The molecule has 1 amide bonds. The zero-order valence-corrected chi connectivity index (χ0v) is 18.8. The number of carbonyl (C=O) groups is 1. The van der Waals surface area contributed by atoms with E-state index in [1.807, 2.05) is 54.3 Å². The van der Waals surface area contributed by atoms with Crippen molar-refractivity contribution in [1.82, 2.24) is 9.80 Å².